The molecule has 1 aromatic rings. The molecular weight excluding hydrogens is 404 g/mol. The van der Waals surface area contributed by atoms with Crippen molar-refractivity contribution in [3.63, 3.8) is 0 Å². The molecule has 1 N–H and O–H groups in total. The van der Waals surface area contributed by atoms with Gasteiger partial charge in [0, 0.05) is 31.3 Å². The Kier molecular flexibility index (Phi) is 11.5. The summed E-state index contributed by atoms with van der Waals surface area (Å²) in [4.78, 5) is 16.2. The standard InChI is InChI=1S/C23H37ClN2O4/c1-25(16-17-27)15-5-3-4-6-18-29-21-13-9-20(10-14-21)26(2)23(28)30-22-11-7-19(24)8-12-22/h7-8,11-12,20-21,27H,3-6,9-10,13-18H2,1-2H3. The van der Waals surface area contributed by atoms with Crippen molar-refractivity contribution in [3.8, 4) is 5.75 Å². The maximum absolute atomic E-state index is 12.4. The summed E-state index contributed by atoms with van der Waals surface area (Å²) in [5.41, 5.74) is 0. The number of hydrogen-bond acceptors (Lipinski definition) is 5. The first-order valence-electron chi connectivity index (χ1n) is 11.1. The number of halogens is 1. The Morgan fingerprint density at radius 1 is 1.03 bits per heavy atom. The Morgan fingerprint density at radius 3 is 2.37 bits per heavy atom. The minimum atomic E-state index is -0.327. The number of ether oxygens (including phenoxy) is 2. The largest absolute Gasteiger partial charge is 0.415 e. The highest BCUT2D eigenvalue weighted by Crippen LogP contribution is 2.26. The van der Waals surface area contributed by atoms with Gasteiger partial charge in [-0.15, -0.1) is 0 Å². The molecule has 1 aliphatic rings. The van der Waals surface area contributed by atoms with Gasteiger partial charge in [-0.3, -0.25) is 0 Å². The number of amides is 1. The minimum absolute atomic E-state index is 0.195. The van der Waals surface area contributed by atoms with E-state index in [1.807, 2.05) is 14.1 Å². The summed E-state index contributed by atoms with van der Waals surface area (Å²) < 4.78 is 11.5. The van der Waals surface area contributed by atoms with E-state index in [9.17, 15) is 4.79 Å². The van der Waals surface area contributed by atoms with Crippen LogP contribution in [0, 0.1) is 0 Å². The van der Waals surface area contributed by atoms with Crippen LogP contribution in [0.2, 0.25) is 5.02 Å². The third-order valence-electron chi connectivity index (χ3n) is 5.77. The van der Waals surface area contributed by atoms with Crippen LogP contribution in [0.3, 0.4) is 0 Å². The first kappa shape index (κ1) is 24.9. The average molecular weight is 441 g/mol. The summed E-state index contributed by atoms with van der Waals surface area (Å²) in [6.07, 6.45) is 8.46. The van der Waals surface area contributed by atoms with Gasteiger partial charge < -0.3 is 24.4 Å². The number of aliphatic hydroxyl groups is 1. The molecule has 1 aliphatic carbocycles. The molecule has 1 amide bonds. The van der Waals surface area contributed by atoms with Crippen molar-refractivity contribution in [2.24, 2.45) is 0 Å². The lowest BCUT2D eigenvalue weighted by molar-refractivity contribution is 0.0104. The number of carbonyl (C=O) groups is 1. The van der Waals surface area contributed by atoms with Gasteiger partial charge in [-0.05, 0) is 76.4 Å². The normalized spacial score (nSPS) is 19.1. The monoisotopic (exact) mass is 440 g/mol. The van der Waals surface area contributed by atoms with Crippen LogP contribution < -0.4 is 4.74 Å². The number of hydrogen-bond donors (Lipinski definition) is 1. The molecule has 0 heterocycles. The molecule has 0 bridgehead atoms. The highest BCUT2D eigenvalue weighted by Gasteiger charge is 2.27. The average Bonchev–Trinajstić information content (AvgIpc) is 2.74. The van der Waals surface area contributed by atoms with Crippen molar-refractivity contribution in [1.29, 1.82) is 0 Å². The van der Waals surface area contributed by atoms with E-state index in [0.29, 0.717) is 16.9 Å². The van der Waals surface area contributed by atoms with Gasteiger partial charge in [0.2, 0.25) is 0 Å². The van der Waals surface area contributed by atoms with Crippen molar-refractivity contribution >= 4 is 17.7 Å². The Labute approximate surface area is 186 Å². The predicted octanol–water partition coefficient (Wildman–Crippen LogP) is 4.58. The number of carbonyl (C=O) groups excluding carboxylic acids is 1. The molecule has 1 saturated carbocycles. The molecule has 0 aliphatic heterocycles. The molecule has 0 atom stereocenters. The molecule has 1 fully saturated rings. The Morgan fingerprint density at radius 2 is 1.70 bits per heavy atom. The second-order valence-electron chi connectivity index (χ2n) is 8.18. The summed E-state index contributed by atoms with van der Waals surface area (Å²) in [5.74, 6) is 0.508. The van der Waals surface area contributed by atoms with E-state index in [4.69, 9.17) is 26.2 Å². The Balaban J connectivity index is 1.55. The van der Waals surface area contributed by atoms with Gasteiger partial charge in [-0.1, -0.05) is 24.4 Å². The molecule has 0 aromatic heterocycles. The van der Waals surface area contributed by atoms with Crippen LogP contribution in [0.4, 0.5) is 4.79 Å². The predicted molar refractivity (Wildman–Crippen MR) is 120 cm³/mol. The lowest BCUT2D eigenvalue weighted by atomic mass is 9.92. The van der Waals surface area contributed by atoms with Crippen molar-refractivity contribution in [2.75, 3.05) is 40.4 Å². The first-order chi connectivity index (χ1) is 14.5. The number of aliphatic hydroxyl groups excluding tert-OH is 1. The van der Waals surface area contributed by atoms with Gasteiger partial charge in [-0.2, -0.15) is 0 Å². The van der Waals surface area contributed by atoms with Gasteiger partial charge in [0.15, 0.2) is 0 Å². The van der Waals surface area contributed by atoms with E-state index in [1.54, 1.807) is 29.2 Å². The van der Waals surface area contributed by atoms with Gasteiger partial charge in [0.05, 0.1) is 12.7 Å². The van der Waals surface area contributed by atoms with Gasteiger partial charge >= 0.3 is 6.09 Å². The SMILES string of the molecule is CN(CCO)CCCCCCOC1CCC(N(C)C(=O)Oc2ccc(Cl)cc2)CC1. The molecule has 0 unspecified atom stereocenters. The number of nitrogens with zero attached hydrogens (tertiary/aromatic N) is 2. The van der Waals surface area contributed by atoms with E-state index in [1.165, 1.54) is 19.3 Å². The highest BCUT2D eigenvalue weighted by molar-refractivity contribution is 6.30. The van der Waals surface area contributed by atoms with Crippen LogP contribution in [0.15, 0.2) is 24.3 Å². The number of benzene rings is 1. The van der Waals surface area contributed by atoms with Crippen LogP contribution >= 0.6 is 11.6 Å². The fraction of sp³-hybridized carbons (Fsp3) is 0.696. The zero-order chi connectivity index (χ0) is 21.8. The fourth-order valence-electron chi connectivity index (χ4n) is 3.79. The summed E-state index contributed by atoms with van der Waals surface area (Å²) in [6, 6.07) is 7.02. The number of unbranched alkanes of at least 4 members (excludes halogenated alkanes) is 3. The Hall–Kier alpha value is -1.34. The number of likely N-dealkylation sites (N-methyl/N-ethyl adjacent to an activating group) is 1. The van der Waals surface area contributed by atoms with E-state index >= 15 is 0 Å². The second kappa shape index (κ2) is 13.9. The summed E-state index contributed by atoms with van der Waals surface area (Å²) in [7, 11) is 3.85. The van der Waals surface area contributed by atoms with E-state index in [-0.39, 0.29) is 18.7 Å². The highest BCUT2D eigenvalue weighted by atomic mass is 35.5. The molecule has 170 valence electrons. The Bertz CT molecular complexity index is 606. The molecule has 0 spiro atoms. The third-order valence-corrected chi connectivity index (χ3v) is 6.02. The van der Waals surface area contributed by atoms with Gasteiger partial charge in [0.25, 0.3) is 0 Å². The number of rotatable bonds is 12. The van der Waals surface area contributed by atoms with E-state index in [2.05, 4.69) is 4.90 Å². The molecule has 0 radical (unpaired) electrons. The maximum atomic E-state index is 12.4. The van der Waals surface area contributed by atoms with Crippen LogP contribution in [0.1, 0.15) is 51.4 Å². The van der Waals surface area contributed by atoms with E-state index in [0.717, 1.165) is 51.8 Å². The van der Waals surface area contributed by atoms with Crippen molar-refractivity contribution in [2.45, 2.75) is 63.5 Å². The third kappa shape index (κ3) is 9.21. The van der Waals surface area contributed by atoms with Crippen LogP contribution in [-0.4, -0.2) is 73.5 Å². The molecule has 2 rings (SSSR count). The second-order valence-corrected chi connectivity index (χ2v) is 8.61. The summed E-state index contributed by atoms with van der Waals surface area (Å²) in [6.45, 7) is 2.83. The van der Waals surface area contributed by atoms with Crippen molar-refractivity contribution in [3.05, 3.63) is 29.3 Å². The zero-order valence-electron chi connectivity index (χ0n) is 18.4. The summed E-state index contributed by atoms with van der Waals surface area (Å²) >= 11 is 5.86. The minimum Gasteiger partial charge on any atom is -0.410 e. The van der Waals surface area contributed by atoms with Gasteiger partial charge in [0.1, 0.15) is 5.75 Å². The molecule has 7 heteroatoms. The van der Waals surface area contributed by atoms with Crippen molar-refractivity contribution < 1.29 is 19.4 Å². The molecule has 30 heavy (non-hydrogen) atoms. The zero-order valence-corrected chi connectivity index (χ0v) is 19.1. The van der Waals surface area contributed by atoms with Crippen molar-refractivity contribution in [1.82, 2.24) is 9.80 Å². The summed E-state index contributed by atoms with van der Waals surface area (Å²) in [5, 5.41) is 9.51. The quantitative estimate of drug-likeness (QED) is 0.482. The molecule has 1 aromatic carbocycles. The van der Waals surface area contributed by atoms with E-state index < -0.39 is 0 Å². The molecule has 0 saturated heterocycles. The fourth-order valence-corrected chi connectivity index (χ4v) is 3.92. The van der Waals surface area contributed by atoms with Crippen LogP contribution in [-0.2, 0) is 4.74 Å². The lowest BCUT2D eigenvalue weighted by Crippen LogP contribution is -2.42. The maximum Gasteiger partial charge on any atom is 0.415 e. The topological polar surface area (TPSA) is 62.2 Å². The smallest absolute Gasteiger partial charge is 0.410 e. The van der Waals surface area contributed by atoms with Crippen LogP contribution in [0.5, 0.6) is 5.75 Å². The lowest BCUT2D eigenvalue weighted by Gasteiger charge is -2.34. The molecule has 6 nitrogen and oxygen atoms in total. The first-order valence-corrected chi connectivity index (χ1v) is 11.5. The molecular formula is C23H37ClN2O4. The van der Waals surface area contributed by atoms with Gasteiger partial charge in [-0.25, -0.2) is 4.79 Å². The van der Waals surface area contributed by atoms with Crippen LogP contribution in [0.25, 0.3) is 0 Å².